The Morgan fingerprint density at radius 3 is 2.63 bits per heavy atom. The predicted octanol–water partition coefficient (Wildman–Crippen LogP) is 0.751. The summed E-state index contributed by atoms with van der Waals surface area (Å²) in [5.41, 5.74) is 1.31. The van der Waals surface area contributed by atoms with Gasteiger partial charge >= 0.3 is 10.2 Å². The van der Waals surface area contributed by atoms with Crippen molar-refractivity contribution in [1.82, 2.24) is 9.29 Å². The number of aryl methyl sites for hydroxylation is 1. The highest BCUT2D eigenvalue weighted by Gasteiger charge is 2.27. The Hall–Kier alpha value is -1.18. The highest BCUT2D eigenvalue weighted by molar-refractivity contribution is 7.90. The molecule has 0 atom stereocenters. The van der Waals surface area contributed by atoms with Crippen LogP contribution in [0.1, 0.15) is 18.5 Å². The van der Waals surface area contributed by atoms with Crippen molar-refractivity contribution < 1.29 is 13.5 Å². The normalized spacial score (nSPS) is 18.4. The van der Waals surface area contributed by atoms with E-state index in [1.165, 1.54) is 10.5 Å². The molecule has 2 rings (SSSR count). The van der Waals surface area contributed by atoms with Crippen LogP contribution in [-0.4, -0.2) is 42.5 Å². The second-order valence-corrected chi connectivity index (χ2v) is 6.49. The number of nitrogens with one attached hydrogen (secondary N) is 1. The maximum absolute atomic E-state index is 12.2. The van der Waals surface area contributed by atoms with Crippen LogP contribution in [0.5, 0.6) is 0 Å². The van der Waals surface area contributed by atoms with Gasteiger partial charge in [0.2, 0.25) is 0 Å². The zero-order chi connectivity index (χ0) is 13.9. The molecule has 0 amide bonds. The Labute approximate surface area is 113 Å². The van der Waals surface area contributed by atoms with Crippen LogP contribution in [0.4, 0.5) is 5.69 Å². The summed E-state index contributed by atoms with van der Waals surface area (Å²) in [6.07, 6.45) is 2.90. The van der Waals surface area contributed by atoms with Gasteiger partial charge < -0.3 is 5.11 Å². The molecule has 2 N–H and O–H groups in total. The van der Waals surface area contributed by atoms with E-state index in [-0.39, 0.29) is 12.5 Å². The minimum atomic E-state index is -3.52. The molecule has 0 saturated carbocycles. The third-order valence-corrected chi connectivity index (χ3v) is 4.87. The van der Waals surface area contributed by atoms with Crippen molar-refractivity contribution in [3.05, 3.63) is 24.0 Å². The van der Waals surface area contributed by atoms with E-state index in [2.05, 4.69) is 9.71 Å². The number of nitrogens with zero attached hydrogens (tertiary/aromatic N) is 2. The first-order valence-corrected chi connectivity index (χ1v) is 7.76. The number of pyridine rings is 1. The van der Waals surface area contributed by atoms with E-state index in [0.29, 0.717) is 31.6 Å². The average molecular weight is 285 g/mol. The molecule has 2 heterocycles. The van der Waals surface area contributed by atoms with Crippen molar-refractivity contribution >= 4 is 15.9 Å². The number of aromatic nitrogens is 1. The fourth-order valence-corrected chi connectivity index (χ4v) is 3.31. The van der Waals surface area contributed by atoms with Gasteiger partial charge in [0.15, 0.2) is 0 Å². The Morgan fingerprint density at radius 2 is 2.11 bits per heavy atom. The molecular formula is C12H19N3O3S. The van der Waals surface area contributed by atoms with E-state index in [1.807, 2.05) is 6.92 Å². The minimum absolute atomic E-state index is 0.128. The van der Waals surface area contributed by atoms with Crippen LogP contribution in [0.3, 0.4) is 0 Å². The van der Waals surface area contributed by atoms with Crippen molar-refractivity contribution in [2.24, 2.45) is 5.92 Å². The number of aliphatic hydroxyl groups is 1. The van der Waals surface area contributed by atoms with Crippen molar-refractivity contribution in [2.75, 3.05) is 24.4 Å². The first-order chi connectivity index (χ1) is 9.01. The van der Waals surface area contributed by atoms with Crippen LogP contribution < -0.4 is 4.72 Å². The zero-order valence-corrected chi connectivity index (χ0v) is 11.7. The fraction of sp³-hybridized carbons (Fsp3) is 0.583. The smallest absolute Gasteiger partial charge is 0.301 e. The topological polar surface area (TPSA) is 82.5 Å². The van der Waals surface area contributed by atoms with Crippen LogP contribution in [0, 0.1) is 12.8 Å². The van der Waals surface area contributed by atoms with E-state index < -0.39 is 10.2 Å². The molecule has 1 fully saturated rings. The first-order valence-electron chi connectivity index (χ1n) is 6.32. The van der Waals surface area contributed by atoms with Crippen LogP contribution in [-0.2, 0) is 10.2 Å². The minimum Gasteiger partial charge on any atom is -0.396 e. The van der Waals surface area contributed by atoms with E-state index in [0.717, 1.165) is 5.69 Å². The van der Waals surface area contributed by atoms with Gasteiger partial charge in [-0.1, -0.05) is 0 Å². The van der Waals surface area contributed by atoms with Crippen molar-refractivity contribution in [3.63, 3.8) is 0 Å². The third-order valence-electron chi connectivity index (χ3n) is 3.33. The van der Waals surface area contributed by atoms with E-state index >= 15 is 0 Å². The number of anilines is 1. The van der Waals surface area contributed by atoms with Gasteiger partial charge in [-0.3, -0.25) is 9.71 Å². The third kappa shape index (κ3) is 3.65. The lowest BCUT2D eigenvalue weighted by molar-refractivity contribution is 0.170. The van der Waals surface area contributed by atoms with E-state index in [1.54, 1.807) is 12.1 Å². The molecule has 1 aliphatic rings. The Kier molecular flexibility index (Phi) is 4.38. The summed E-state index contributed by atoms with van der Waals surface area (Å²) in [7, 11) is -3.52. The summed E-state index contributed by atoms with van der Waals surface area (Å²) in [5.74, 6) is 0.215. The number of aliphatic hydroxyl groups excluding tert-OH is 1. The highest BCUT2D eigenvalue weighted by atomic mass is 32.2. The molecule has 1 aliphatic heterocycles. The lowest BCUT2D eigenvalue weighted by atomic mass is 10.00. The maximum Gasteiger partial charge on any atom is 0.301 e. The average Bonchev–Trinajstić information content (AvgIpc) is 2.41. The van der Waals surface area contributed by atoms with Crippen LogP contribution >= 0.6 is 0 Å². The summed E-state index contributed by atoms with van der Waals surface area (Å²) in [6.45, 7) is 2.86. The van der Waals surface area contributed by atoms with Gasteiger partial charge in [-0.2, -0.15) is 12.7 Å². The van der Waals surface area contributed by atoms with Crippen LogP contribution in [0.25, 0.3) is 0 Å². The number of rotatable bonds is 4. The zero-order valence-electron chi connectivity index (χ0n) is 10.9. The molecule has 0 spiro atoms. The monoisotopic (exact) mass is 285 g/mol. The standard InChI is InChI=1S/C12H19N3O3S/c1-10-2-3-12(8-13-10)14-19(17,18)15-6-4-11(9-16)5-7-15/h2-3,8,11,14,16H,4-7,9H2,1H3. The summed E-state index contributed by atoms with van der Waals surface area (Å²) in [6, 6.07) is 3.45. The number of piperidine rings is 1. The SMILES string of the molecule is Cc1ccc(NS(=O)(=O)N2CCC(CO)CC2)cn1. The molecule has 1 saturated heterocycles. The van der Waals surface area contributed by atoms with Crippen molar-refractivity contribution in [1.29, 1.82) is 0 Å². The molecular weight excluding hydrogens is 266 g/mol. The Balaban J connectivity index is 2.01. The van der Waals surface area contributed by atoms with Gasteiger partial charge in [-0.25, -0.2) is 0 Å². The second kappa shape index (κ2) is 5.85. The quantitative estimate of drug-likeness (QED) is 0.855. The molecule has 0 bridgehead atoms. The largest absolute Gasteiger partial charge is 0.396 e. The molecule has 0 radical (unpaired) electrons. The van der Waals surface area contributed by atoms with Gasteiger partial charge in [-0.05, 0) is 37.8 Å². The van der Waals surface area contributed by atoms with Gasteiger partial charge in [0.25, 0.3) is 0 Å². The summed E-state index contributed by atoms with van der Waals surface area (Å²) >= 11 is 0. The first kappa shape index (κ1) is 14.2. The lowest BCUT2D eigenvalue weighted by Gasteiger charge is -2.30. The number of hydrogen-bond acceptors (Lipinski definition) is 4. The van der Waals surface area contributed by atoms with E-state index in [4.69, 9.17) is 5.11 Å². The maximum atomic E-state index is 12.2. The fourth-order valence-electron chi connectivity index (χ4n) is 2.07. The molecule has 106 valence electrons. The van der Waals surface area contributed by atoms with Crippen molar-refractivity contribution in [2.45, 2.75) is 19.8 Å². The molecule has 0 aromatic carbocycles. The van der Waals surface area contributed by atoms with Crippen molar-refractivity contribution in [3.8, 4) is 0 Å². The lowest BCUT2D eigenvalue weighted by Crippen LogP contribution is -2.42. The summed E-state index contributed by atoms with van der Waals surface area (Å²) < 4.78 is 28.3. The van der Waals surface area contributed by atoms with Crippen LogP contribution in [0.15, 0.2) is 18.3 Å². The summed E-state index contributed by atoms with van der Waals surface area (Å²) in [4.78, 5) is 4.06. The Bertz CT molecular complexity index is 508. The molecule has 6 nitrogen and oxygen atoms in total. The molecule has 0 unspecified atom stereocenters. The molecule has 1 aromatic rings. The molecule has 7 heteroatoms. The van der Waals surface area contributed by atoms with Gasteiger partial charge in [0.05, 0.1) is 11.9 Å². The molecule has 1 aromatic heterocycles. The number of hydrogen-bond donors (Lipinski definition) is 2. The highest BCUT2D eigenvalue weighted by Crippen LogP contribution is 2.20. The van der Waals surface area contributed by atoms with Gasteiger partial charge in [0.1, 0.15) is 0 Å². The second-order valence-electron chi connectivity index (χ2n) is 4.82. The van der Waals surface area contributed by atoms with Gasteiger partial charge in [0, 0.05) is 25.4 Å². The van der Waals surface area contributed by atoms with Crippen LogP contribution in [0.2, 0.25) is 0 Å². The molecule has 19 heavy (non-hydrogen) atoms. The predicted molar refractivity (Wildman–Crippen MR) is 72.9 cm³/mol. The Morgan fingerprint density at radius 1 is 1.42 bits per heavy atom. The molecule has 0 aliphatic carbocycles. The van der Waals surface area contributed by atoms with E-state index in [9.17, 15) is 8.42 Å². The van der Waals surface area contributed by atoms with Gasteiger partial charge in [-0.15, -0.1) is 0 Å². The summed E-state index contributed by atoms with van der Waals surface area (Å²) in [5, 5.41) is 9.05.